The van der Waals surface area contributed by atoms with Crippen LogP contribution < -0.4 is 0 Å². The fraction of sp³-hybridized carbons (Fsp3) is 0.462. The van der Waals surface area contributed by atoms with E-state index >= 15 is 0 Å². The third-order valence-electron chi connectivity index (χ3n) is 3.24. The molecule has 1 aromatic rings. The first kappa shape index (κ1) is 17.0. The Bertz CT molecular complexity index is 531. The number of amides is 1. The Morgan fingerprint density at radius 2 is 1.86 bits per heavy atom. The van der Waals surface area contributed by atoms with Crippen molar-refractivity contribution in [2.24, 2.45) is 0 Å². The van der Waals surface area contributed by atoms with Gasteiger partial charge in [-0.3, -0.25) is 9.69 Å². The van der Waals surface area contributed by atoms with Crippen LogP contribution in [0.3, 0.4) is 0 Å². The molecule has 0 N–H and O–H groups in total. The fourth-order valence-electron chi connectivity index (χ4n) is 2.20. The lowest BCUT2D eigenvalue weighted by molar-refractivity contribution is -0.148. The Morgan fingerprint density at radius 1 is 1.24 bits per heavy atom. The predicted molar refractivity (Wildman–Crippen MR) is 85.3 cm³/mol. The van der Waals surface area contributed by atoms with Crippen LogP contribution in [0.5, 0.6) is 0 Å². The summed E-state index contributed by atoms with van der Waals surface area (Å²) in [4.78, 5) is 15.4. The number of carbonyl (C=O) groups is 1. The summed E-state index contributed by atoms with van der Waals surface area (Å²) in [6.07, 6.45) is -4.19. The van der Waals surface area contributed by atoms with Gasteiger partial charge in [0.05, 0.1) is 12.1 Å². The standard InChI is InChI=1S/C13H13BrF3IN2O/c14-10-3-1-2-9(11(10)18)12(21)20-6-4-19(5-7-20)8-13(15,16)17/h1-3H,4-8H2. The van der Waals surface area contributed by atoms with Gasteiger partial charge in [-0.15, -0.1) is 0 Å². The second-order valence-corrected chi connectivity index (χ2v) is 6.72. The SMILES string of the molecule is O=C(c1cccc(Br)c1I)N1CCN(CC(F)(F)F)CC1. The van der Waals surface area contributed by atoms with Gasteiger partial charge >= 0.3 is 6.18 Å². The van der Waals surface area contributed by atoms with Crippen LogP contribution >= 0.6 is 38.5 Å². The summed E-state index contributed by atoms with van der Waals surface area (Å²) in [6.45, 7) is 0.212. The van der Waals surface area contributed by atoms with Gasteiger partial charge in [-0.1, -0.05) is 6.07 Å². The number of benzene rings is 1. The predicted octanol–water partition coefficient (Wildman–Crippen LogP) is 3.37. The molecule has 0 saturated carbocycles. The molecular weight excluding hydrogens is 464 g/mol. The summed E-state index contributed by atoms with van der Waals surface area (Å²) in [6, 6.07) is 5.36. The van der Waals surface area contributed by atoms with Crippen LogP contribution in [0.15, 0.2) is 22.7 Å². The zero-order valence-corrected chi connectivity index (χ0v) is 14.7. The average Bonchev–Trinajstić information content (AvgIpc) is 2.40. The highest BCUT2D eigenvalue weighted by Crippen LogP contribution is 2.24. The maximum absolute atomic E-state index is 12.4. The monoisotopic (exact) mass is 476 g/mol. The summed E-state index contributed by atoms with van der Waals surface area (Å²) in [7, 11) is 0. The molecule has 0 aliphatic carbocycles. The molecule has 0 radical (unpaired) electrons. The van der Waals surface area contributed by atoms with E-state index in [1.54, 1.807) is 17.0 Å². The van der Waals surface area contributed by atoms with Crippen molar-refractivity contribution in [3.05, 3.63) is 31.8 Å². The summed E-state index contributed by atoms with van der Waals surface area (Å²) < 4.78 is 38.6. The van der Waals surface area contributed by atoms with Gasteiger partial charge in [0.2, 0.25) is 0 Å². The highest BCUT2D eigenvalue weighted by molar-refractivity contribution is 14.1. The molecule has 1 aliphatic heterocycles. The third kappa shape index (κ3) is 4.56. The first-order valence-corrected chi connectivity index (χ1v) is 8.17. The van der Waals surface area contributed by atoms with E-state index in [0.29, 0.717) is 18.7 Å². The molecule has 8 heteroatoms. The quantitative estimate of drug-likeness (QED) is 0.611. The van der Waals surface area contributed by atoms with E-state index in [-0.39, 0.29) is 19.0 Å². The van der Waals surface area contributed by atoms with Gasteiger partial charge < -0.3 is 4.90 Å². The number of hydrogen-bond acceptors (Lipinski definition) is 2. The normalized spacial score (nSPS) is 17.1. The molecule has 3 nitrogen and oxygen atoms in total. The Labute approximate surface area is 142 Å². The Balaban J connectivity index is 1.99. The first-order valence-electron chi connectivity index (χ1n) is 6.30. The molecule has 21 heavy (non-hydrogen) atoms. The summed E-state index contributed by atoms with van der Waals surface area (Å²) in [5.41, 5.74) is 0.578. The lowest BCUT2D eigenvalue weighted by Crippen LogP contribution is -2.51. The van der Waals surface area contributed by atoms with Gasteiger partial charge in [0.15, 0.2) is 0 Å². The van der Waals surface area contributed by atoms with Crippen LogP contribution in [0.1, 0.15) is 10.4 Å². The molecule has 0 unspecified atom stereocenters. The van der Waals surface area contributed by atoms with E-state index in [0.717, 1.165) is 8.04 Å². The van der Waals surface area contributed by atoms with Gasteiger partial charge in [0, 0.05) is 34.2 Å². The van der Waals surface area contributed by atoms with E-state index < -0.39 is 12.7 Å². The molecule has 1 aromatic carbocycles. The zero-order chi connectivity index (χ0) is 15.6. The number of carbonyl (C=O) groups excluding carboxylic acids is 1. The number of halogens is 5. The van der Waals surface area contributed by atoms with Crippen LogP contribution in [0.2, 0.25) is 0 Å². The van der Waals surface area contributed by atoms with Crippen molar-refractivity contribution in [2.45, 2.75) is 6.18 Å². The van der Waals surface area contributed by atoms with Crippen LogP contribution in [0.25, 0.3) is 0 Å². The molecule has 116 valence electrons. The second kappa shape index (κ2) is 6.82. The first-order chi connectivity index (χ1) is 9.78. The van der Waals surface area contributed by atoms with Gasteiger partial charge in [0.1, 0.15) is 0 Å². The van der Waals surface area contributed by atoms with E-state index in [1.807, 2.05) is 6.07 Å². The molecule has 1 aliphatic rings. The van der Waals surface area contributed by atoms with Crippen molar-refractivity contribution < 1.29 is 18.0 Å². The van der Waals surface area contributed by atoms with Crippen molar-refractivity contribution in [3.63, 3.8) is 0 Å². The van der Waals surface area contributed by atoms with Crippen molar-refractivity contribution in [1.82, 2.24) is 9.80 Å². The van der Waals surface area contributed by atoms with E-state index in [9.17, 15) is 18.0 Å². The summed E-state index contributed by atoms with van der Waals surface area (Å²) >= 11 is 5.45. The lowest BCUT2D eigenvalue weighted by Gasteiger charge is -2.35. The van der Waals surface area contributed by atoms with Crippen LogP contribution in [-0.2, 0) is 0 Å². The molecule has 1 amide bonds. The molecule has 0 bridgehead atoms. The zero-order valence-electron chi connectivity index (χ0n) is 11.0. The maximum atomic E-state index is 12.4. The van der Waals surface area contributed by atoms with Crippen molar-refractivity contribution >= 4 is 44.4 Å². The lowest BCUT2D eigenvalue weighted by atomic mass is 10.2. The largest absolute Gasteiger partial charge is 0.401 e. The maximum Gasteiger partial charge on any atom is 0.401 e. The molecule has 2 rings (SSSR count). The molecule has 1 fully saturated rings. The van der Waals surface area contributed by atoms with E-state index in [1.165, 1.54) is 4.90 Å². The summed E-state index contributed by atoms with van der Waals surface area (Å²) in [5.74, 6) is -0.132. The smallest absolute Gasteiger partial charge is 0.336 e. The van der Waals surface area contributed by atoms with Crippen LogP contribution in [0.4, 0.5) is 13.2 Å². The number of alkyl halides is 3. The Hall–Kier alpha value is -0.350. The minimum Gasteiger partial charge on any atom is -0.336 e. The molecule has 0 atom stereocenters. The highest BCUT2D eigenvalue weighted by Gasteiger charge is 2.33. The van der Waals surface area contributed by atoms with Crippen LogP contribution in [-0.4, -0.2) is 54.6 Å². The minimum absolute atomic E-state index is 0.132. The number of piperazine rings is 1. The third-order valence-corrected chi connectivity index (χ3v) is 5.81. The fourth-order valence-corrected chi connectivity index (χ4v) is 3.16. The number of rotatable bonds is 2. The topological polar surface area (TPSA) is 23.6 Å². The van der Waals surface area contributed by atoms with Crippen LogP contribution in [0, 0.1) is 3.57 Å². The molecule has 1 saturated heterocycles. The van der Waals surface area contributed by atoms with Crippen molar-refractivity contribution in [1.29, 1.82) is 0 Å². The molecule has 0 spiro atoms. The Kier molecular flexibility index (Phi) is 5.53. The molecule has 1 heterocycles. The van der Waals surface area contributed by atoms with E-state index in [2.05, 4.69) is 38.5 Å². The van der Waals surface area contributed by atoms with Crippen molar-refractivity contribution in [3.8, 4) is 0 Å². The van der Waals surface area contributed by atoms with Crippen molar-refractivity contribution in [2.75, 3.05) is 32.7 Å². The minimum atomic E-state index is -4.19. The van der Waals surface area contributed by atoms with Gasteiger partial charge in [0.25, 0.3) is 5.91 Å². The van der Waals surface area contributed by atoms with Gasteiger partial charge in [-0.05, 0) is 50.7 Å². The van der Waals surface area contributed by atoms with E-state index in [4.69, 9.17) is 0 Å². The van der Waals surface area contributed by atoms with Gasteiger partial charge in [-0.25, -0.2) is 0 Å². The second-order valence-electron chi connectivity index (χ2n) is 4.78. The molecular formula is C13H13BrF3IN2O. The highest BCUT2D eigenvalue weighted by atomic mass is 127. The average molecular weight is 477 g/mol. The number of hydrogen-bond donors (Lipinski definition) is 0. The molecule has 0 aromatic heterocycles. The summed E-state index contributed by atoms with van der Waals surface area (Å²) in [5, 5.41) is 0. The van der Waals surface area contributed by atoms with Gasteiger partial charge in [-0.2, -0.15) is 13.2 Å². The number of nitrogens with zero attached hydrogens (tertiary/aromatic N) is 2. The Morgan fingerprint density at radius 3 is 2.43 bits per heavy atom.